The predicted octanol–water partition coefficient (Wildman–Crippen LogP) is -0.741. The van der Waals surface area contributed by atoms with Crippen molar-refractivity contribution in [2.75, 3.05) is 92.8 Å². The Kier molecular flexibility index (Phi) is 21.0. The van der Waals surface area contributed by atoms with E-state index in [0.29, 0.717) is 78.2 Å². The molecular weight excluding hydrogens is 484 g/mol. The van der Waals surface area contributed by atoms with Crippen LogP contribution >= 0.6 is 0 Å². The van der Waals surface area contributed by atoms with E-state index < -0.39 is 24.3 Å². The lowest BCUT2D eigenvalue weighted by Crippen LogP contribution is -2.41. The molecule has 0 atom stereocenters. The maximum Gasteiger partial charge on any atom is 0.334 e. The van der Waals surface area contributed by atoms with Crippen LogP contribution in [0.4, 0.5) is 0 Å². The minimum atomic E-state index is -0.776. The first-order chi connectivity index (χ1) is 17.7. The number of carbonyl (C=O) groups is 3. The lowest BCUT2D eigenvalue weighted by Gasteiger charge is -2.19. The summed E-state index contributed by atoms with van der Waals surface area (Å²) in [6.07, 6.45) is 2.24. The molecule has 13 nitrogen and oxygen atoms in total. The van der Waals surface area contributed by atoms with E-state index in [9.17, 15) is 19.6 Å². The van der Waals surface area contributed by atoms with Gasteiger partial charge in [0, 0.05) is 25.7 Å². The van der Waals surface area contributed by atoms with Crippen LogP contribution in [0, 0.1) is 6.57 Å². The molecule has 0 saturated carbocycles. The molecule has 0 aliphatic carbocycles. The molecular formula is C24H46N6O7+2. The standard InChI is InChI=1S/C24H46N6O7/c1-26-12-13-28-9-6-18-37-24(33)21(19-22(31)35-16-4-8-27-11-7-25)20-23(32)36-17-5-10-29-14-15-30(2,3)34/h1,20,27-29,34H,4-19,25H2,2-3H3/q+2/b21-20+. The second-order valence-electron chi connectivity index (χ2n) is 8.72. The summed E-state index contributed by atoms with van der Waals surface area (Å²) >= 11 is 0. The topological polar surface area (TPSA) is 166 Å². The average Bonchev–Trinajstić information content (AvgIpc) is 2.83. The summed E-state index contributed by atoms with van der Waals surface area (Å²) in [5, 5.41) is 18.9. The number of nitrogens with two attached hydrogens (primary N) is 1. The van der Waals surface area contributed by atoms with Crippen molar-refractivity contribution in [3.05, 3.63) is 16.5 Å². The lowest BCUT2D eigenvalue weighted by atomic mass is 10.2. The summed E-state index contributed by atoms with van der Waals surface area (Å²) in [5.41, 5.74) is 5.27. The van der Waals surface area contributed by atoms with E-state index in [1.807, 2.05) is 0 Å². The van der Waals surface area contributed by atoms with E-state index in [1.54, 1.807) is 14.1 Å². The van der Waals surface area contributed by atoms with Gasteiger partial charge in [-0.1, -0.05) is 4.85 Å². The summed E-state index contributed by atoms with van der Waals surface area (Å²) in [6, 6.07) is 0. The minimum absolute atomic E-state index is 0.106. The molecule has 13 heteroatoms. The van der Waals surface area contributed by atoms with Crippen molar-refractivity contribution >= 4 is 17.9 Å². The molecule has 0 bridgehead atoms. The van der Waals surface area contributed by atoms with E-state index in [1.165, 1.54) is 0 Å². The number of hydrogen-bond donors (Lipinski definition) is 5. The molecule has 6 N–H and O–H groups in total. The van der Waals surface area contributed by atoms with Gasteiger partial charge >= 0.3 is 17.9 Å². The van der Waals surface area contributed by atoms with Crippen LogP contribution < -0.4 is 21.7 Å². The summed E-state index contributed by atoms with van der Waals surface area (Å²) < 4.78 is 15.4. The van der Waals surface area contributed by atoms with E-state index in [-0.39, 0.29) is 30.0 Å². The molecule has 0 aromatic carbocycles. The Morgan fingerprint density at radius 1 is 0.892 bits per heavy atom. The van der Waals surface area contributed by atoms with E-state index in [2.05, 4.69) is 20.8 Å². The van der Waals surface area contributed by atoms with Crippen LogP contribution in [-0.2, 0) is 28.6 Å². The van der Waals surface area contributed by atoms with Crippen molar-refractivity contribution in [3.8, 4) is 6.57 Å². The van der Waals surface area contributed by atoms with Gasteiger partial charge in [-0.2, -0.15) is 4.65 Å². The van der Waals surface area contributed by atoms with Gasteiger partial charge in [0.1, 0.15) is 6.54 Å². The Morgan fingerprint density at radius 3 is 2.05 bits per heavy atom. The average molecular weight is 531 g/mol. The Bertz CT molecular complexity index is 719. The Hall–Kier alpha value is -2.60. The second-order valence-corrected chi connectivity index (χ2v) is 8.72. The molecule has 0 heterocycles. The number of hydrogen-bond acceptors (Lipinski definition) is 11. The normalized spacial score (nSPS) is 11.6. The third kappa shape index (κ3) is 23.5. The number of nitrogens with zero attached hydrogens (tertiary/aromatic N) is 2. The molecule has 0 aromatic heterocycles. The molecule has 0 amide bonds. The number of nitrogens with one attached hydrogen (secondary N) is 3. The number of rotatable bonds is 23. The van der Waals surface area contributed by atoms with Gasteiger partial charge in [-0.3, -0.25) is 4.79 Å². The highest BCUT2D eigenvalue weighted by atomic mass is 16.5. The molecule has 212 valence electrons. The first-order valence-electron chi connectivity index (χ1n) is 12.6. The van der Waals surface area contributed by atoms with Crippen LogP contribution in [0.25, 0.3) is 4.85 Å². The monoisotopic (exact) mass is 530 g/mol. The lowest BCUT2D eigenvalue weighted by molar-refractivity contribution is -1.07. The van der Waals surface area contributed by atoms with Crippen LogP contribution in [0.5, 0.6) is 0 Å². The fraction of sp³-hybridized carbons (Fsp3) is 0.750. The van der Waals surface area contributed by atoms with Gasteiger partial charge in [-0.25, -0.2) is 14.8 Å². The molecule has 0 fully saturated rings. The molecule has 37 heavy (non-hydrogen) atoms. The van der Waals surface area contributed by atoms with Crippen molar-refractivity contribution in [1.29, 1.82) is 0 Å². The van der Waals surface area contributed by atoms with Gasteiger partial charge in [-0.15, -0.1) is 0 Å². The highest BCUT2D eigenvalue weighted by Gasteiger charge is 2.19. The summed E-state index contributed by atoms with van der Waals surface area (Å²) in [5.74, 6) is -2.16. The van der Waals surface area contributed by atoms with Crippen LogP contribution in [0.2, 0.25) is 0 Å². The van der Waals surface area contributed by atoms with E-state index in [4.69, 9.17) is 26.5 Å². The van der Waals surface area contributed by atoms with E-state index >= 15 is 0 Å². The predicted molar refractivity (Wildman–Crippen MR) is 139 cm³/mol. The van der Waals surface area contributed by atoms with Gasteiger partial charge < -0.3 is 35.9 Å². The summed E-state index contributed by atoms with van der Waals surface area (Å²) in [4.78, 5) is 40.5. The molecule has 0 rings (SSSR count). The van der Waals surface area contributed by atoms with Crippen LogP contribution in [0.1, 0.15) is 25.7 Å². The number of ether oxygens (including phenoxy) is 3. The van der Waals surface area contributed by atoms with Gasteiger partial charge in [0.15, 0.2) is 0 Å². The van der Waals surface area contributed by atoms with Gasteiger partial charge in [-0.05, 0) is 38.9 Å². The minimum Gasteiger partial charge on any atom is -0.465 e. The SMILES string of the molecule is C#[N+]CCNCCCOC(=O)/C(=C/C(=O)OCCCNCC[N+](C)(C)O)CC(=O)OCCCNCCN. The third-order valence-electron chi connectivity index (χ3n) is 4.70. The zero-order valence-electron chi connectivity index (χ0n) is 22.3. The molecule has 0 unspecified atom stereocenters. The fourth-order valence-electron chi connectivity index (χ4n) is 2.75. The van der Waals surface area contributed by atoms with Crippen LogP contribution in [0.3, 0.4) is 0 Å². The number of esters is 3. The quantitative estimate of drug-likeness (QED) is 0.0282. The van der Waals surface area contributed by atoms with Gasteiger partial charge in [0.05, 0.1) is 52.5 Å². The summed E-state index contributed by atoms with van der Waals surface area (Å²) in [7, 11) is 3.34. The van der Waals surface area contributed by atoms with Crippen LogP contribution in [0.15, 0.2) is 11.6 Å². The second kappa shape index (κ2) is 22.6. The molecule has 0 saturated heterocycles. The highest BCUT2D eigenvalue weighted by Crippen LogP contribution is 2.08. The Labute approximate surface area is 220 Å². The van der Waals surface area contributed by atoms with Crippen LogP contribution in [-0.4, -0.2) is 121 Å². The number of hydroxylamine groups is 3. The van der Waals surface area contributed by atoms with Crippen molar-refractivity contribution in [2.45, 2.75) is 25.7 Å². The van der Waals surface area contributed by atoms with E-state index in [0.717, 1.165) is 6.08 Å². The molecule has 0 radical (unpaired) electrons. The highest BCUT2D eigenvalue weighted by molar-refractivity contribution is 5.99. The third-order valence-corrected chi connectivity index (χ3v) is 4.70. The van der Waals surface area contributed by atoms with Crippen molar-refractivity contribution in [1.82, 2.24) is 16.0 Å². The molecule has 0 spiro atoms. The zero-order chi connectivity index (χ0) is 27.8. The molecule has 0 aliphatic rings. The first kappa shape index (κ1) is 34.4. The molecule has 0 aliphatic heterocycles. The smallest absolute Gasteiger partial charge is 0.334 e. The largest absolute Gasteiger partial charge is 0.465 e. The van der Waals surface area contributed by atoms with Crippen molar-refractivity contribution < 1.29 is 38.4 Å². The van der Waals surface area contributed by atoms with Gasteiger partial charge in [0.2, 0.25) is 0 Å². The number of quaternary nitrogens is 1. The Morgan fingerprint density at radius 2 is 1.46 bits per heavy atom. The summed E-state index contributed by atoms with van der Waals surface area (Å²) in [6.45, 7) is 10.7. The zero-order valence-corrected chi connectivity index (χ0v) is 22.3. The van der Waals surface area contributed by atoms with Crippen molar-refractivity contribution in [2.24, 2.45) is 5.73 Å². The Balaban J connectivity index is 4.61. The maximum absolute atomic E-state index is 12.5. The maximum atomic E-state index is 12.5. The number of carbonyl (C=O) groups excluding carboxylic acids is 3. The molecule has 0 aromatic rings. The number of likely N-dealkylation sites (N-methyl/N-ethyl adjacent to an activating group) is 1. The van der Waals surface area contributed by atoms with Crippen molar-refractivity contribution in [3.63, 3.8) is 0 Å². The van der Waals surface area contributed by atoms with Gasteiger partial charge in [0.25, 0.3) is 13.1 Å². The first-order valence-corrected chi connectivity index (χ1v) is 12.6. The fourth-order valence-corrected chi connectivity index (χ4v) is 2.75.